The van der Waals surface area contributed by atoms with Gasteiger partial charge in [0.2, 0.25) is 0 Å². The quantitative estimate of drug-likeness (QED) is 0.319. The molecule has 0 saturated carbocycles. The molecule has 0 bridgehead atoms. The summed E-state index contributed by atoms with van der Waals surface area (Å²) in [5.41, 5.74) is 0. The first-order valence-electron chi connectivity index (χ1n) is 1.47. The second kappa shape index (κ2) is 3.95. The zero-order chi connectivity index (χ0) is 3.41. The Morgan fingerprint density at radius 2 is 2.25 bits per heavy atom. The van der Waals surface area contributed by atoms with Crippen LogP contribution in [0.25, 0.3) is 0 Å². The molecular formula is C2H7ISi. The van der Waals surface area contributed by atoms with Gasteiger partial charge >= 0.3 is 0 Å². The molecule has 0 radical (unpaired) electrons. The highest BCUT2D eigenvalue weighted by molar-refractivity contribution is 14.1. The Morgan fingerprint density at radius 3 is 2.25 bits per heavy atom. The lowest BCUT2D eigenvalue weighted by molar-refractivity contribution is 2.13. The highest BCUT2D eigenvalue weighted by atomic mass is 127. The van der Waals surface area contributed by atoms with E-state index in [0.29, 0.717) is 9.52 Å². The van der Waals surface area contributed by atoms with Crippen LogP contribution in [0.5, 0.6) is 0 Å². The van der Waals surface area contributed by atoms with E-state index < -0.39 is 0 Å². The van der Waals surface area contributed by atoms with E-state index in [1.54, 1.807) is 0 Å². The third-order valence-corrected chi connectivity index (χ3v) is 3.80. The van der Waals surface area contributed by atoms with E-state index in [1.807, 2.05) is 0 Å². The maximum Gasteiger partial charge on any atom is 0.0284 e. The Balaban J connectivity index is 1.97. The Kier molecular flexibility index (Phi) is 4.88. The molecule has 0 aromatic heterocycles. The van der Waals surface area contributed by atoms with Crippen LogP contribution in [0.1, 0.15) is 0 Å². The van der Waals surface area contributed by atoms with Crippen molar-refractivity contribution in [2.45, 2.75) is 6.55 Å². The Hall–Kier alpha value is 0.947. The van der Waals surface area contributed by atoms with Crippen molar-refractivity contribution in [3.8, 4) is 0 Å². The summed E-state index contributed by atoms with van der Waals surface area (Å²) in [6.07, 6.45) is 0. The van der Waals surface area contributed by atoms with Crippen molar-refractivity contribution in [2.24, 2.45) is 0 Å². The van der Waals surface area contributed by atoms with Gasteiger partial charge < -0.3 is 0 Å². The van der Waals surface area contributed by atoms with Crippen LogP contribution < -0.4 is 0 Å². The predicted molar refractivity (Wildman–Crippen MR) is 33.3 cm³/mol. The molecule has 0 aliphatic heterocycles. The molecule has 26 valence electrons. The van der Waals surface area contributed by atoms with Gasteiger partial charge in [0.05, 0.1) is 0 Å². The largest absolute Gasteiger partial charge is 0.0904 e. The summed E-state index contributed by atoms with van der Waals surface area (Å²) >= 11 is 2.41. The molecule has 0 spiro atoms. The van der Waals surface area contributed by atoms with Crippen LogP contribution in [0.15, 0.2) is 0 Å². The van der Waals surface area contributed by atoms with Crippen molar-refractivity contribution in [1.29, 1.82) is 0 Å². The maximum absolute atomic E-state index is 2.41. The van der Waals surface area contributed by atoms with Crippen LogP contribution in [-0.4, -0.2) is 13.6 Å². The highest BCUT2D eigenvalue weighted by Crippen LogP contribution is 1.71. The van der Waals surface area contributed by atoms with Gasteiger partial charge in [-0.25, -0.2) is 0 Å². The lowest BCUT2D eigenvalue weighted by Gasteiger charge is -1.64. The highest BCUT2D eigenvalue weighted by Gasteiger charge is 1.60. The molecule has 0 rings (SSSR count). The van der Waals surface area contributed by atoms with E-state index in [-0.39, 0.29) is 0 Å². The fourth-order valence-corrected chi connectivity index (χ4v) is 0. The van der Waals surface area contributed by atoms with Crippen molar-refractivity contribution < 1.29 is 0 Å². The molecule has 4 heavy (non-hydrogen) atoms. The third kappa shape index (κ3) is 2.95. The van der Waals surface area contributed by atoms with Gasteiger partial charge in [-0.2, -0.15) is 0 Å². The van der Waals surface area contributed by atoms with Gasteiger partial charge in [-0.15, -0.1) is 0 Å². The molecule has 0 nitrogen and oxygen atoms in total. The number of hydrogen-bond donors (Lipinski definition) is 0. The second-order valence-corrected chi connectivity index (χ2v) is 5.30. The van der Waals surface area contributed by atoms with Crippen LogP contribution in [0.4, 0.5) is 0 Å². The average molecular weight is 186 g/mol. The van der Waals surface area contributed by atoms with Crippen molar-refractivity contribution in [2.75, 3.05) is 4.05 Å². The van der Waals surface area contributed by atoms with Gasteiger partial charge in [-0.05, 0) is 4.05 Å². The van der Waals surface area contributed by atoms with E-state index in [1.165, 1.54) is 4.05 Å². The van der Waals surface area contributed by atoms with Gasteiger partial charge in [-0.3, -0.25) is 0 Å². The fourth-order valence-electron chi connectivity index (χ4n) is 0. The topological polar surface area (TPSA) is 0 Å². The Labute approximate surface area is 42.9 Å². The summed E-state index contributed by atoms with van der Waals surface area (Å²) < 4.78 is 1.43. The van der Waals surface area contributed by atoms with E-state index in [4.69, 9.17) is 0 Å². The number of hydrogen-bond acceptors (Lipinski definition) is 0. The molecule has 0 fully saturated rings. The molecule has 0 aliphatic rings. The van der Waals surface area contributed by atoms with Gasteiger partial charge in [0, 0.05) is 9.52 Å². The summed E-state index contributed by atoms with van der Waals surface area (Å²) in [4.78, 5) is 0. The van der Waals surface area contributed by atoms with Gasteiger partial charge in [0.15, 0.2) is 0 Å². The molecule has 0 atom stereocenters. The van der Waals surface area contributed by atoms with E-state index in [2.05, 4.69) is 29.1 Å². The summed E-state index contributed by atoms with van der Waals surface area (Å²) in [5.74, 6) is 0. The van der Waals surface area contributed by atoms with Gasteiger partial charge in [0.1, 0.15) is 0 Å². The molecule has 0 unspecified atom stereocenters. The van der Waals surface area contributed by atoms with E-state index in [0.717, 1.165) is 0 Å². The molecule has 0 heterocycles. The average Bonchev–Trinajstić information content (AvgIpc) is 1.37. The number of rotatable bonds is 1. The molecule has 0 saturated heterocycles. The molecule has 0 amide bonds. The Morgan fingerprint density at radius 1 is 2.00 bits per heavy atom. The number of alkyl halides is 1. The van der Waals surface area contributed by atoms with Crippen LogP contribution in [-0.2, 0) is 0 Å². The minimum atomic E-state index is 0.411. The molecule has 2 heteroatoms. The van der Waals surface area contributed by atoms with Crippen molar-refractivity contribution >= 4 is 32.1 Å². The summed E-state index contributed by atoms with van der Waals surface area (Å²) in [6.45, 7) is 2.31. The SMILES string of the molecule is C[SiH2]CI. The fraction of sp³-hybridized carbons (Fsp3) is 1.00. The summed E-state index contributed by atoms with van der Waals surface area (Å²) in [6, 6.07) is 0. The molecule has 0 N–H and O–H groups in total. The number of halogens is 1. The smallest absolute Gasteiger partial charge is 0.0284 e. The molecular weight excluding hydrogens is 179 g/mol. The summed E-state index contributed by atoms with van der Waals surface area (Å²) in [7, 11) is 0.411. The van der Waals surface area contributed by atoms with Crippen molar-refractivity contribution in [3.63, 3.8) is 0 Å². The van der Waals surface area contributed by atoms with E-state index >= 15 is 0 Å². The molecule has 0 aromatic carbocycles. The lowest BCUT2D eigenvalue weighted by Crippen LogP contribution is -1.75. The van der Waals surface area contributed by atoms with Crippen LogP contribution >= 0.6 is 22.6 Å². The Bertz CT molecular complexity index is 8.00. The van der Waals surface area contributed by atoms with Crippen molar-refractivity contribution in [1.82, 2.24) is 0 Å². The lowest BCUT2D eigenvalue weighted by atomic mass is 11.9. The maximum atomic E-state index is 2.41. The predicted octanol–water partition coefficient (Wildman–Crippen LogP) is 0.596. The van der Waals surface area contributed by atoms with Gasteiger partial charge in [-0.1, -0.05) is 29.1 Å². The minimum absolute atomic E-state index is 0.411. The van der Waals surface area contributed by atoms with Gasteiger partial charge in [0.25, 0.3) is 0 Å². The second-order valence-electron chi connectivity index (χ2n) is 0.689. The summed E-state index contributed by atoms with van der Waals surface area (Å²) in [5, 5.41) is 0. The third-order valence-electron chi connectivity index (χ3n) is 0.189. The first-order chi connectivity index (χ1) is 1.91. The zero-order valence-electron chi connectivity index (χ0n) is 2.79. The molecule has 0 aromatic rings. The van der Waals surface area contributed by atoms with Crippen LogP contribution in [0.3, 0.4) is 0 Å². The monoisotopic (exact) mass is 186 g/mol. The zero-order valence-corrected chi connectivity index (χ0v) is 6.36. The molecule has 0 aliphatic carbocycles. The van der Waals surface area contributed by atoms with Crippen LogP contribution in [0, 0.1) is 0 Å². The first kappa shape index (κ1) is 4.95. The normalized spacial score (nSPS) is 10.5. The minimum Gasteiger partial charge on any atom is -0.0904 e. The first-order valence-corrected chi connectivity index (χ1v) is 5.41. The van der Waals surface area contributed by atoms with Crippen molar-refractivity contribution in [3.05, 3.63) is 0 Å². The van der Waals surface area contributed by atoms with E-state index in [9.17, 15) is 0 Å². The van der Waals surface area contributed by atoms with Crippen LogP contribution in [0.2, 0.25) is 6.55 Å². The standard InChI is InChI=1S/C2H7ISi/c1-4-2-3/h2,4H2,1H3.